The first-order valence-electron chi connectivity index (χ1n) is 5.55. The molecule has 0 amide bonds. The number of hydrogen-bond acceptors (Lipinski definition) is 2. The summed E-state index contributed by atoms with van der Waals surface area (Å²) in [5.74, 6) is 0. The first kappa shape index (κ1) is 18.8. The van der Waals surface area contributed by atoms with Crippen LogP contribution in [0.4, 0.5) is 5.69 Å². The second-order valence-corrected chi connectivity index (χ2v) is 4.38. The predicted molar refractivity (Wildman–Crippen MR) is 85.0 cm³/mol. The molecular formula is C14H16Cl2NNaO. The van der Waals surface area contributed by atoms with E-state index in [0.717, 1.165) is 16.0 Å². The van der Waals surface area contributed by atoms with Gasteiger partial charge in [0.05, 0.1) is 5.69 Å². The molecule has 0 unspecified atom stereocenters. The van der Waals surface area contributed by atoms with E-state index in [1.165, 1.54) is 5.56 Å². The van der Waals surface area contributed by atoms with E-state index in [-0.39, 0.29) is 36.2 Å². The molecule has 0 aliphatic heterocycles. The molecule has 19 heavy (non-hydrogen) atoms. The van der Waals surface area contributed by atoms with Gasteiger partial charge in [-0.3, -0.25) is 0 Å². The fourth-order valence-corrected chi connectivity index (χ4v) is 1.54. The summed E-state index contributed by atoms with van der Waals surface area (Å²) in [5.41, 5.74) is 1.97. The molecule has 0 heterocycles. The zero-order valence-electron chi connectivity index (χ0n) is 9.84. The summed E-state index contributed by atoms with van der Waals surface area (Å²) in [6, 6.07) is 19.2. The van der Waals surface area contributed by atoms with E-state index in [1.54, 1.807) is 0 Å². The van der Waals surface area contributed by atoms with Crippen molar-refractivity contribution in [2.24, 2.45) is 0 Å². The van der Waals surface area contributed by atoms with Gasteiger partial charge in [-0.25, -0.2) is 0 Å². The van der Waals surface area contributed by atoms with Crippen LogP contribution < -0.4 is 3.94 Å². The van der Waals surface area contributed by atoms with Crippen molar-refractivity contribution < 1.29 is 5.11 Å². The summed E-state index contributed by atoms with van der Waals surface area (Å²) in [4.78, 5) is 0. The Morgan fingerprint density at radius 3 is 1.68 bits per heavy atom. The quantitative estimate of drug-likeness (QED) is 0.694. The second kappa shape index (κ2) is 11.6. The van der Waals surface area contributed by atoms with Crippen LogP contribution in [0.2, 0.25) is 0 Å². The van der Waals surface area contributed by atoms with E-state index in [9.17, 15) is 0 Å². The van der Waals surface area contributed by atoms with Crippen molar-refractivity contribution in [3.63, 3.8) is 0 Å². The number of anilines is 1. The topological polar surface area (TPSA) is 23.5 Å². The average Bonchev–Trinajstić information content (AvgIpc) is 2.42. The summed E-state index contributed by atoms with van der Waals surface area (Å²) in [7, 11) is 0. The van der Waals surface area contributed by atoms with Crippen molar-refractivity contribution in [3.05, 3.63) is 66.2 Å². The summed E-state index contributed by atoms with van der Waals surface area (Å²) in [5, 5.41) is 8.52. The van der Waals surface area contributed by atoms with Crippen LogP contribution in [0.1, 0.15) is 5.56 Å². The number of halogens is 2. The van der Waals surface area contributed by atoms with E-state index >= 15 is 0 Å². The summed E-state index contributed by atoms with van der Waals surface area (Å²) in [6.07, 6.45) is 0.765. The number of rotatable bonds is 3. The van der Waals surface area contributed by atoms with E-state index in [2.05, 4.69) is 0 Å². The SMILES string of the molecule is ClN(Cl)c1ccccc1.OCCc1ccccc1.[NaH]. The van der Waals surface area contributed by atoms with Gasteiger partial charge in [0.25, 0.3) is 0 Å². The van der Waals surface area contributed by atoms with Gasteiger partial charge in [-0.2, -0.15) is 3.94 Å². The minimum atomic E-state index is 0. The third-order valence-corrected chi connectivity index (χ3v) is 2.59. The monoisotopic (exact) mass is 307 g/mol. The molecule has 0 aromatic heterocycles. The van der Waals surface area contributed by atoms with Crippen LogP contribution in [0, 0.1) is 0 Å². The van der Waals surface area contributed by atoms with E-state index in [4.69, 9.17) is 28.7 Å². The fraction of sp³-hybridized carbons (Fsp3) is 0.143. The van der Waals surface area contributed by atoms with Crippen LogP contribution in [0.25, 0.3) is 0 Å². The fourth-order valence-electron chi connectivity index (χ4n) is 1.31. The van der Waals surface area contributed by atoms with Gasteiger partial charge in [-0.1, -0.05) is 48.5 Å². The van der Waals surface area contributed by atoms with Crippen molar-refractivity contribution in [2.75, 3.05) is 10.5 Å². The van der Waals surface area contributed by atoms with Crippen molar-refractivity contribution in [2.45, 2.75) is 6.42 Å². The molecule has 2 rings (SSSR count). The standard InChI is InChI=1S/C8H10O.C6H5Cl2N.Na.H/c9-7-6-8-4-2-1-3-5-8;7-9(8)6-4-2-1-3-5-6;;/h1-5,9H,6-7H2;1-5H;;. The molecule has 0 radical (unpaired) electrons. The third-order valence-electron chi connectivity index (χ3n) is 2.19. The third kappa shape index (κ3) is 8.53. The summed E-state index contributed by atoms with van der Waals surface area (Å²) in [6.45, 7) is 0.240. The number of aliphatic hydroxyl groups is 1. The van der Waals surface area contributed by atoms with E-state index < -0.39 is 0 Å². The maximum absolute atomic E-state index is 8.52. The number of para-hydroxylation sites is 1. The molecule has 0 saturated heterocycles. The van der Waals surface area contributed by atoms with Crippen molar-refractivity contribution in [1.82, 2.24) is 0 Å². The molecule has 0 fully saturated rings. The second-order valence-electron chi connectivity index (χ2n) is 3.53. The number of benzene rings is 2. The summed E-state index contributed by atoms with van der Waals surface area (Å²) >= 11 is 10.8. The normalized spacial score (nSPS) is 8.79. The van der Waals surface area contributed by atoms with Gasteiger partial charge in [0.15, 0.2) is 0 Å². The van der Waals surface area contributed by atoms with Crippen LogP contribution in [0.3, 0.4) is 0 Å². The molecule has 0 aliphatic rings. The Kier molecular flexibility index (Phi) is 11.5. The minimum absolute atomic E-state index is 0. The molecule has 0 spiro atoms. The van der Waals surface area contributed by atoms with E-state index in [0.29, 0.717) is 0 Å². The molecule has 0 saturated carbocycles. The zero-order chi connectivity index (χ0) is 13.2. The molecular weight excluding hydrogens is 292 g/mol. The van der Waals surface area contributed by atoms with Gasteiger partial charge in [0.1, 0.15) is 0 Å². The van der Waals surface area contributed by atoms with Gasteiger partial charge in [0.2, 0.25) is 0 Å². The molecule has 98 valence electrons. The Labute approximate surface area is 146 Å². The first-order chi connectivity index (χ1) is 8.74. The van der Waals surface area contributed by atoms with Crippen LogP contribution in [-0.2, 0) is 6.42 Å². The van der Waals surface area contributed by atoms with Crippen LogP contribution in [-0.4, -0.2) is 41.3 Å². The van der Waals surface area contributed by atoms with Gasteiger partial charge in [-0.15, -0.1) is 0 Å². The molecule has 2 aromatic rings. The van der Waals surface area contributed by atoms with Gasteiger partial charge >= 0.3 is 29.6 Å². The van der Waals surface area contributed by atoms with Crippen LogP contribution in [0.5, 0.6) is 0 Å². The van der Waals surface area contributed by atoms with Crippen molar-refractivity contribution >= 4 is 58.8 Å². The van der Waals surface area contributed by atoms with E-state index in [1.807, 2.05) is 60.7 Å². The first-order valence-corrected chi connectivity index (χ1v) is 6.23. The maximum atomic E-state index is 8.52. The molecule has 1 N–H and O–H groups in total. The zero-order valence-corrected chi connectivity index (χ0v) is 11.3. The number of nitrogens with zero attached hydrogens (tertiary/aromatic N) is 1. The molecule has 5 heteroatoms. The Morgan fingerprint density at radius 2 is 1.32 bits per heavy atom. The molecule has 0 aliphatic carbocycles. The molecule has 0 bridgehead atoms. The Morgan fingerprint density at radius 1 is 0.842 bits per heavy atom. The van der Waals surface area contributed by atoms with Gasteiger partial charge < -0.3 is 5.11 Å². The predicted octanol–water partition coefficient (Wildman–Crippen LogP) is 3.37. The Balaban J connectivity index is 0.000000324. The number of aliphatic hydroxyl groups excluding tert-OH is 1. The van der Waals surface area contributed by atoms with Gasteiger partial charge in [-0.05, 0) is 24.1 Å². The molecule has 2 aromatic carbocycles. The van der Waals surface area contributed by atoms with Crippen LogP contribution in [0.15, 0.2) is 60.7 Å². The Hall–Kier alpha value is -0.220. The molecule has 0 atom stereocenters. The average molecular weight is 308 g/mol. The number of hydrogen-bond donors (Lipinski definition) is 1. The van der Waals surface area contributed by atoms with Crippen molar-refractivity contribution in [1.29, 1.82) is 0 Å². The summed E-state index contributed by atoms with van der Waals surface area (Å²) < 4.78 is 1.03. The van der Waals surface area contributed by atoms with Crippen LogP contribution >= 0.6 is 23.6 Å². The van der Waals surface area contributed by atoms with Gasteiger partial charge in [0, 0.05) is 30.2 Å². The Bertz CT molecular complexity index is 426. The van der Waals surface area contributed by atoms with Crippen molar-refractivity contribution in [3.8, 4) is 0 Å². The molecule has 2 nitrogen and oxygen atoms in total.